The van der Waals surface area contributed by atoms with Crippen molar-refractivity contribution >= 4 is 26.0 Å². The van der Waals surface area contributed by atoms with Crippen LogP contribution >= 0.6 is 15.9 Å². The molecule has 1 atom stereocenters. The Labute approximate surface area is 116 Å². The zero-order chi connectivity index (χ0) is 13.3. The van der Waals surface area contributed by atoms with Gasteiger partial charge in [-0.25, -0.2) is 8.42 Å². The van der Waals surface area contributed by atoms with Gasteiger partial charge in [0, 0.05) is 23.6 Å². The van der Waals surface area contributed by atoms with Gasteiger partial charge in [-0.1, -0.05) is 6.07 Å². The maximum atomic E-state index is 12.5. The van der Waals surface area contributed by atoms with Crippen LogP contribution in [0.2, 0.25) is 0 Å². The van der Waals surface area contributed by atoms with E-state index >= 15 is 0 Å². The fourth-order valence-electron chi connectivity index (χ4n) is 2.27. The van der Waals surface area contributed by atoms with E-state index in [1.165, 1.54) is 0 Å². The van der Waals surface area contributed by atoms with E-state index in [-0.39, 0.29) is 6.04 Å². The number of nitrogens with two attached hydrogens (primary N) is 1. The van der Waals surface area contributed by atoms with Crippen LogP contribution in [0.25, 0.3) is 0 Å². The molecule has 1 unspecified atom stereocenters. The number of hydrogen-bond donors (Lipinski definition) is 1. The van der Waals surface area contributed by atoms with E-state index in [9.17, 15) is 8.42 Å². The monoisotopic (exact) mass is 332 g/mol. The topological polar surface area (TPSA) is 63.4 Å². The lowest BCUT2D eigenvalue weighted by atomic mass is 10.2. The number of rotatable bonds is 3. The van der Waals surface area contributed by atoms with Crippen LogP contribution < -0.4 is 5.73 Å². The van der Waals surface area contributed by atoms with Crippen molar-refractivity contribution < 1.29 is 8.42 Å². The first-order valence-corrected chi connectivity index (χ1v) is 8.20. The second-order valence-electron chi connectivity index (χ2n) is 4.58. The van der Waals surface area contributed by atoms with Crippen LogP contribution in [0.1, 0.15) is 25.3 Å². The largest absolute Gasteiger partial charge is 0.326 e. The van der Waals surface area contributed by atoms with Gasteiger partial charge in [0.05, 0.1) is 4.90 Å². The molecule has 0 saturated carbocycles. The number of benzene rings is 1. The van der Waals surface area contributed by atoms with Gasteiger partial charge in [-0.2, -0.15) is 4.31 Å². The summed E-state index contributed by atoms with van der Waals surface area (Å²) in [7, 11) is -3.40. The second-order valence-corrected chi connectivity index (χ2v) is 7.29. The van der Waals surface area contributed by atoms with Gasteiger partial charge in [-0.15, -0.1) is 0 Å². The van der Waals surface area contributed by atoms with Gasteiger partial charge in [-0.05, 0) is 53.4 Å². The molecule has 0 bridgehead atoms. The molecule has 2 N–H and O–H groups in total. The second kappa shape index (κ2) is 5.28. The highest BCUT2D eigenvalue weighted by Gasteiger charge is 2.33. The third-order valence-corrected chi connectivity index (χ3v) is 6.30. The van der Waals surface area contributed by atoms with E-state index in [0.29, 0.717) is 22.5 Å². The smallest absolute Gasteiger partial charge is 0.244 e. The van der Waals surface area contributed by atoms with Crippen molar-refractivity contribution in [1.29, 1.82) is 0 Å². The Morgan fingerprint density at radius 1 is 1.50 bits per heavy atom. The minimum atomic E-state index is -3.40. The molecule has 0 aliphatic carbocycles. The van der Waals surface area contributed by atoms with Crippen LogP contribution in [0.15, 0.2) is 27.6 Å². The van der Waals surface area contributed by atoms with Crippen molar-refractivity contribution in [2.75, 3.05) is 6.54 Å². The van der Waals surface area contributed by atoms with E-state index in [1.54, 1.807) is 22.5 Å². The Kier molecular flexibility index (Phi) is 4.11. The molecule has 1 aliphatic rings. The van der Waals surface area contributed by atoms with Gasteiger partial charge in [0.25, 0.3) is 0 Å². The Hall–Kier alpha value is -0.430. The van der Waals surface area contributed by atoms with Crippen molar-refractivity contribution in [3.05, 3.63) is 28.2 Å². The summed E-state index contributed by atoms with van der Waals surface area (Å²) in [5, 5.41) is 0. The molecule has 1 aliphatic heterocycles. The summed E-state index contributed by atoms with van der Waals surface area (Å²) in [6.45, 7) is 2.96. The normalized spacial score (nSPS) is 21.4. The Balaban J connectivity index is 2.41. The standard InChI is InChI=1S/C12H17BrN2O2S/c1-9-3-2-6-15(9)18(16,17)12-5-4-10(8-14)7-11(12)13/h4-5,7,9H,2-3,6,8,14H2,1H3. The van der Waals surface area contributed by atoms with Crippen molar-refractivity contribution in [3.63, 3.8) is 0 Å². The zero-order valence-corrected chi connectivity index (χ0v) is 12.7. The van der Waals surface area contributed by atoms with Gasteiger partial charge in [0.2, 0.25) is 10.0 Å². The van der Waals surface area contributed by atoms with Crippen LogP contribution in [0.3, 0.4) is 0 Å². The SMILES string of the molecule is CC1CCCN1S(=O)(=O)c1ccc(CN)cc1Br. The van der Waals surface area contributed by atoms with Crippen LogP contribution in [0.5, 0.6) is 0 Å². The first kappa shape index (κ1) is 14.0. The number of hydrogen-bond acceptors (Lipinski definition) is 3. The summed E-state index contributed by atoms with van der Waals surface area (Å²) in [5.74, 6) is 0. The Morgan fingerprint density at radius 3 is 2.72 bits per heavy atom. The predicted molar refractivity (Wildman–Crippen MR) is 74.6 cm³/mol. The van der Waals surface area contributed by atoms with Crippen molar-refractivity contribution in [2.24, 2.45) is 5.73 Å². The van der Waals surface area contributed by atoms with E-state index in [0.717, 1.165) is 18.4 Å². The van der Waals surface area contributed by atoms with Gasteiger partial charge in [-0.3, -0.25) is 0 Å². The highest BCUT2D eigenvalue weighted by molar-refractivity contribution is 9.10. The molecule has 1 aromatic carbocycles. The molecule has 0 amide bonds. The predicted octanol–water partition coefficient (Wildman–Crippen LogP) is 2.08. The van der Waals surface area contributed by atoms with E-state index in [1.807, 2.05) is 6.92 Å². The summed E-state index contributed by atoms with van der Waals surface area (Å²) in [5.41, 5.74) is 6.45. The molecular formula is C12H17BrN2O2S. The molecule has 100 valence electrons. The summed E-state index contributed by atoms with van der Waals surface area (Å²) < 4.78 is 27.2. The lowest BCUT2D eigenvalue weighted by Gasteiger charge is -2.21. The number of nitrogens with zero attached hydrogens (tertiary/aromatic N) is 1. The molecule has 1 fully saturated rings. The van der Waals surface area contributed by atoms with Crippen LogP contribution in [0.4, 0.5) is 0 Å². The Bertz CT molecular complexity index is 545. The maximum Gasteiger partial charge on any atom is 0.244 e. The summed E-state index contributed by atoms with van der Waals surface area (Å²) >= 11 is 3.33. The van der Waals surface area contributed by atoms with E-state index in [2.05, 4.69) is 15.9 Å². The van der Waals surface area contributed by atoms with Gasteiger partial charge >= 0.3 is 0 Å². The molecule has 1 heterocycles. The molecule has 0 spiro atoms. The van der Waals surface area contributed by atoms with Crippen molar-refractivity contribution in [3.8, 4) is 0 Å². The fourth-order valence-corrected chi connectivity index (χ4v) is 5.06. The third-order valence-electron chi connectivity index (χ3n) is 3.31. The Morgan fingerprint density at radius 2 is 2.22 bits per heavy atom. The minimum Gasteiger partial charge on any atom is -0.326 e. The quantitative estimate of drug-likeness (QED) is 0.921. The maximum absolute atomic E-state index is 12.5. The molecule has 1 aromatic rings. The van der Waals surface area contributed by atoms with Crippen molar-refractivity contribution in [2.45, 2.75) is 37.2 Å². The average Bonchev–Trinajstić information content (AvgIpc) is 2.75. The molecule has 4 nitrogen and oxygen atoms in total. The molecule has 6 heteroatoms. The lowest BCUT2D eigenvalue weighted by molar-refractivity contribution is 0.408. The van der Waals surface area contributed by atoms with Crippen LogP contribution in [-0.4, -0.2) is 25.3 Å². The van der Waals surface area contributed by atoms with E-state index in [4.69, 9.17) is 5.73 Å². The number of sulfonamides is 1. The third kappa shape index (κ3) is 2.47. The van der Waals surface area contributed by atoms with Gasteiger partial charge < -0.3 is 5.73 Å². The average molecular weight is 333 g/mol. The molecule has 18 heavy (non-hydrogen) atoms. The van der Waals surface area contributed by atoms with Crippen LogP contribution in [0, 0.1) is 0 Å². The lowest BCUT2D eigenvalue weighted by Crippen LogP contribution is -2.33. The van der Waals surface area contributed by atoms with Gasteiger partial charge in [0.15, 0.2) is 0 Å². The number of halogens is 1. The minimum absolute atomic E-state index is 0.0797. The highest BCUT2D eigenvalue weighted by Crippen LogP contribution is 2.30. The summed E-state index contributed by atoms with van der Waals surface area (Å²) in [6, 6.07) is 5.25. The van der Waals surface area contributed by atoms with Crippen molar-refractivity contribution in [1.82, 2.24) is 4.31 Å². The van der Waals surface area contributed by atoms with E-state index < -0.39 is 10.0 Å². The summed E-state index contributed by atoms with van der Waals surface area (Å²) in [6.07, 6.45) is 1.86. The highest BCUT2D eigenvalue weighted by atomic mass is 79.9. The summed E-state index contributed by atoms with van der Waals surface area (Å²) in [4.78, 5) is 0.327. The first-order valence-electron chi connectivity index (χ1n) is 5.97. The molecule has 2 rings (SSSR count). The molecular weight excluding hydrogens is 316 g/mol. The molecule has 0 radical (unpaired) electrons. The zero-order valence-electron chi connectivity index (χ0n) is 10.3. The first-order chi connectivity index (χ1) is 8.46. The molecule has 0 aromatic heterocycles. The fraction of sp³-hybridized carbons (Fsp3) is 0.500. The molecule has 1 saturated heterocycles. The van der Waals surface area contributed by atoms with Crippen LogP contribution in [-0.2, 0) is 16.6 Å². The van der Waals surface area contributed by atoms with Gasteiger partial charge in [0.1, 0.15) is 0 Å².